The van der Waals surface area contributed by atoms with Crippen molar-refractivity contribution >= 4 is 28.6 Å². The van der Waals surface area contributed by atoms with E-state index < -0.39 is 4.92 Å². The molecule has 0 aliphatic carbocycles. The first-order chi connectivity index (χ1) is 10.1. The van der Waals surface area contributed by atoms with E-state index >= 15 is 0 Å². The summed E-state index contributed by atoms with van der Waals surface area (Å²) >= 11 is 1.44. The van der Waals surface area contributed by atoms with Crippen molar-refractivity contribution in [3.63, 3.8) is 0 Å². The van der Waals surface area contributed by atoms with Gasteiger partial charge in [0.15, 0.2) is 0 Å². The van der Waals surface area contributed by atoms with Gasteiger partial charge < -0.3 is 10.6 Å². The zero-order valence-corrected chi connectivity index (χ0v) is 12.1. The van der Waals surface area contributed by atoms with Gasteiger partial charge in [-0.05, 0) is 13.0 Å². The number of benzene rings is 1. The minimum absolute atomic E-state index is 0.113. The second kappa shape index (κ2) is 6.80. The Balaban J connectivity index is 2.23. The molecule has 2 aromatic rings. The summed E-state index contributed by atoms with van der Waals surface area (Å²) < 4.78 is 0. The van der Waals surface area contributed by atoms with Gasteiger partial charge in [0.25, 0.3) is 11.6 Å². The zero-order chi connectivity index (χ0) is 15.2. The van der Waals surface area contributed by atoms with Gasteiger partial charge in [0, 0.05) is 18.0 Å². The number of amides is 1. The number of nitro groups is 1. The number of carbonyl (C=O) groups is 1. The summed E-state index contributed by atoms with van der Waals surface area (Å²) in [6, 6.07) is 4.42. The molecule has 2 N–H and O–H groups in total. The van der Waals surface area contributed by atoms with Crippen LogP contribution in [0.5, 0.6) is 0 Å². The highest BCUT2D eigenvalue weighted by Crippen LogP contribution is 2.28. The quantitative estimate of drug-likeness (QED) is 0.631. The first kappa shape index (κ1) is 14.9. The number of carbonyl (C=O) groups excluding carboxylic acids is 1. The van der Waals surface area contributed by atoms with E-state index in [2.05, 4.69) is 15.6 Å². The van der Waals surface area contributed by atoms with Crippen LogP contribution in [-0.2, 0) is 6.54 Å². The molecule has 0 radical (unpaired) electrons. The van der Waals surface area contributed by atoms with E-state index in [4.69, 9.17) is 0 Å². The third kappa shape index (κ3) is 3.54. The van der Waals surface area contributed by atoms with Crippen molar-refractivity contribution in [1.29, 1.82) is 0 Å². The molecule has 1 amide bonds. The molecule has 0 aliphatic rings. The smallest absolute Gasteiger partial charge is 0.293 e. The lowest BCUT2D eigenvalue weighted by Gasteiger charge is -2.11. The van der Waals surface area contributed by atoms with Crippen LogP contribution in [-0.4, -0.2) is 22.4 Å². The molecule has 0 fully saturated rings. The minimum Gasteiger partial charge on any atom is -0.379 e. The molecule has 110 valence electrons. The van der Waals surface area contributed by atoms with Gasteiger partial charge in [-0.15, -0.1) is 11.3 Å². The SMILES string of the molecule is CCNc1c(C(=O)NCc2cscn2)cccc1[N+](=O)[O-]. The number of nitrogens with one attached hydrogen (secondary N) is 2. The van der Waals surface area contributed by atoms with E-state index in [9.17, 15) is 14.9 Å². The summed E-state index contributed by atoms with van der Waals surface area (Å²) in [5.41, 5.74) is 2.81. The Bertz CT molecular complexity index is 643. The van der Waals surface area contributed by atoms with E-state index in [-0.39, 0.29) is 29.4 Å². The first-order valence-corrected chi connectivity index (χ1v) is 7.24. The molecule has 8 heteroatoms. The fraction of sp³-hybridized carbons (Fsp3) is 0.231. The third-order valence-electron chi connectivity index (χ3n) is 2.75. The van der Waals surface area contributed by atoms with Crippen molar-refractivity contribution in [2.24, 2.45) is 0 Å². The number of para-hydroxylation sites is 1. The van der Waals surface area contributed by atoms with Crippen molar-refractivity contribution in [3.05, 3.63) is 50.5 Å². The summed E-state index contributed by atoms with van der Waals surface area (Å²) in [4.78, 5) is 26.8. The molecule has 2 rings (SSSR count). The molecule has 1 aromatic carbocycles. The van der Waals surface area contributed by atoms with E-state index in [0.29, 0.717) is 6.54 Å². The summed E-state index contributed by atoms with van der Waals surface area (Å²) in [5.74, 6) is -0.373. The predicted octanol–water partition coefficient (Wildman–Crippen LogP) is 2.41. The van der Waals surface area contributed by atoms with Crippen LogP contribution in [0, 0.1) is 10.1 Å². The van der Waals surface area contributed by atoms with Crippen LogP contribution in [0.1, 0.15) is 23.0 Å². The number of rotatable bonds is 6. The summed E-state index contributed by atoms with van der Waals surface area (Å²) in [6.45, 7) is 2.58. The molecule has 0 saturated heterocycles. The normalized spacial score (nSPS) is 10.1. The van der Waals surface area contributed by atoms with Gasteiger partial charge in [0.2, 0.25) is 0 Å². The molecule has 0 spiro atoms. The Hall–Kier alpha value is -2.48. The molecule has 21 heavy (non-hydrogen) atoms. The zero-order valence-electron chi connectivity index (χ0n) is 11.3. The number of hydrogen-bond donors (Lipinski definition) is 2. The van der Waals surface area contributed by atoms with Crippen LogP contribution in [0.4, 0.5) is 11.4 Å². The van der Waals surface area contributed by atoms with Gasteiger partial charge in [-0.25, -0.2) is 4.98 Å². The van der Waals surface area contributed by atoms with Crippen molar-refractivity contribution in [2.45, 2.75) is 13.5 Å². The second-order valence-electron chi connectivity index (χ2n) is 4.15. The molecule has 0 saturated carbocycles. The van der Waals surface area contributed by atoms with Gasteiger partial charge in [0.1, 0.15) is 5.69 Å². The topological polar surface area (TPSA) is 97.2 Å². The average Bonchev–Trinajstić information content (AvgIpc) is 2.98. The lowest BCUT2D eigenvalue weighted by atomic mass is 10.1. The van der Waals surface area contributed by atoms with Crippen molar-refractivity contribution in [1.82, 2.24) is 10.3 Å². The number of nitro benzene ring substituents is 1. The number of nitrogens with zero attached hydrogens (tertiary/aromatic N) is 2. The Morgan fingerprint density at radius 2 is 2.29 bits per heavy atom. The summed E-state index contributed by atoms with van der Waals surface area (Å²) in [7, 11) is 0. The molecule has 0 aliphatic heterocycles. The first-order valence-electron chi connectivity index (χ1n) is 6.30. The minimum atomic E-state index is -0.505. The Kier molecular flexibility index (Phi) is 4.83. The van der Waals surface area contributed by atoms with E-state index in [0.717, 1.165) is 5.69 Å². The molecule has 7 nitrogen and oxygen atoms in total. The Morgan fingerprint density at radius 1 is 1.48 bits per heavy atom. The Labute approximate surface area is 125 Å². The monoisotopic (exact) mass is 306 g/mol. The molecular formula is C13H14N4O3S. The van der Waals surface area contributed by atoms with Crippen LogP contribution < -0.4 is 10.6 Å². The van der Waals surface area contributed by atoms with Gasteiger partial charge in [-0.3, -0.25) is 14.9 Å². The highest BCUT2D eigenvalue weighted by Gasteiger charge is 2.20. The summed E-state index contributed by atoms with van der Waals surface area (Å²) in [5, 5.41) is 18.5. The van der Waals surface area contributed by atoms with Crippen molar-refractivity contribution < 1.29 is 9.72 Å². The van der Waals surface area contributed by atoms with E-state index in [1.54, 1.807) is 11.6 Å². The number of thiazole rings is 1. The van der Waals surface area contributed by atoms with Crippen LogP contribution in [0.15, 0.2) is 29.1 Å². The largest absolute Gasteiger partial charge is 0.379 e. The van der Waals surface area contributed by atoms with Gasteiger partial charge in [0.05, 0.1) is 28.2 Å². The fourth-order valence-corrected chi connectivity index (χ4v) is 2.39. The predicted molar refractivity (Wildman–Crippen MR) is 80.5 cm³/mol. The maximum absolute atomic E-state index is 12.2. The fourth-order valence-electron chi connectivity index (χ4n) is 1.83. The highest BCUT2D eigenvalue weighted by molar-refractivity contribution is 7.07. The average molecular weight is 306 g/mol. The van der Waals surface area contributed by atoms with Gasteiger partial charge in [-0.1, -0.05) is 6.07 Å². The maximum Gasteiger partial charge on any atom is 0.293 e. The molecule has 0 atom stereocenters. The summed E-state index contributed by atoms with van der Waals surface area (Å²) in [6.07, 6.45) is 0. The van der Waals surface area contributed by atoms with E-state index in [1.165, 1.54) is 23.5 Å². The highest BCUT2D eigenvalue weighted by atomic mass is 32.1. The number of aromatic nitrogens is 1. The maximum atomic E-state index is 12.2. The third-order valence-corrected chi connectivity index (χ3v) is 3.39. The standard InChI is InChI=1S/C13H14N4O3S/c1-2-14-12-10(4-3-5-11(12)17(19)20)13(18)15-6-9-7-21-8-16-9/h3-5,7-8,14H,2,6H2,1H3,(H,15,18). The van der Waals surface area contributed by atoms with Crippen molar-refractivity contribution in [3.8, 4) is 0 Å². The second-order valence-corrected chi connectivity index (χ2v) is 4.87. The molecule has 1 heterocycles. The molecular weight excluding hydrogens is 292 g/mol. The lowest BCUT2D eigenvalue weighted by molar-refractivity contribution is -0.384. The van der Waals surface area contributed by atoms with Crippen LogP contribution >= 0.6 is 11.3 Å². The number of anilines is 1. The lowest BCUT2D eigenvalue weighted by Crippen LogP contribution is -2.24. The van der Waals surface area contributed by atoms with E-state index in [1.807, 2.05) is 12.3 Å². The van der Waals surface area contributed by atoms with Crippen molar-refractivity contribution in [2.75, 3.05) is 11.9 Å². The Morgan fingerprint density at radius 3 is 2.90 bits per heavy atom. The van der Waals surface area contributed by atoms with Crippen LogP contribution in [0.3, 0.4) is 0 Å². The molecule has 1 aromatic heterocycles. The van der Waals surface area contributed by atoms with Gasteiger partial charge in [-0.2, -0.15) is 0 Å². The van der Waals surface area contributed by atoms with Gasteiger partial charge >= 0.3 is 0 Å². The van der Waals surface area contributed by atoms with Crippen LogP contribution in [0.25, 0.3) is 0 Å². The van der Waals surface area contributed by atoms with Crippen LogP contribution in [0.2, 0.25) is 0 Å². The molecule has 0 bridgehead atoms. The number of hydrogen-bond acceptors (Lipinski definition) is 6. The molecule has 0 unspecified atom stereocenters.